The van der Waals surface area contributed by atoms with Crippen LogP contribution in [0.2, 0.25) is 0 Å². The monoisotopic (exact) mass is 436 g/mol. The van der Waals surface area contributed by atoms with Gasteiger partial charge in [0.15, 0.2) is 12.1 Å². The van der Waals surface area contributed by atoms with Crippen molar-refractivity contribution in [1.29, 1.82) is 0 Å². The smallest absolute Gasteiger partial charge is 0.451 e. The fourth-order valence-corrected chi connectivity index (χ4v) is 2.78. The number of nitrogens with two attached hydrogens (primary N) is 2. The standard InChI is InChI=1S/C21H23F3N4O3/c22-21(23,24)19(30)28-16(12-7-13-27-20(25)26)18(29)31-17(14-8-3-1-4-9-14)15-10-5-2-6-11-15/h1-6,8-11,16-17H,7,12-13H2,(H,28,30)(H4,25,26,27). The predicted molar refractivity (Wildman–Crippen MR) is 109 cm³/mol. The largest absolute Gasteiger partial charge is 0.471 e. The molecule has 0 aliphatic carbocycles. The summed E-state index contributed by atoms with van der Waals surface area (Å²) in [5, 5.41) is 1.70. The van der Waals surface area contributed by atoms with Crippen molar-refractivity contribution in [2.45, 2.75) is 31.2 Å². The Hall–Kier alpha value is -3.56. The number of hydrogen-bond acceptors (Lipinski definition) is 4. The van der Waals surface area contributed by atoms with E-state index < -0.39 is 30.2 Å². The quantitative estimate of drug-likeness (QED) is 0.241. The first-order valence-electron chi connectivity index (χ1n) is 9.42. The number of ether oxygens (including phenoxy) is 1. The highest BCUT2D eigenvalue weighted by Gasteiger charge is 2.41. The predicted octanol–water partition coefficient (Wildman–Crippen LogP) is 2.42. The molecule has 31 heavy (non-hydrogen) atoms. The third-order valence-corrected chi connectivity index (χ3v) is 4.23. The molecule has 0 bridgehead atoms. The minimum atomic E-state index is -5.14. The normalized spacial score (nSPS) is 12.1. The van der Waals surface area contributed by atoms with Gasteiger partial charge in [-0.25, -0.2) is 4.79 Å². The Morgan fingerprint density at radius 1 is 0.968 bits per heavy atom. The summed E-state index contributed by atoms with van der Waals surface area (Å²) < 4.78 is 43.8. The number of guanidine groups is 1. The summed E-state index contributed by atoms with van der Waals surface area (Å²) >= 11 is 0. The molecule has 1 unspecified atom stereocenters. The SMILES string of the molecule is NC(N)=NCCCC(NC(=O)C(F)(F)F)C(=O)OC(c1ccccc1)c1ccccc1. The molecule has 5 N–H and O–H groups in total. The number of amides is 1. The van der Waals surface area contributed by atoms with Crippen LogP contribution in [0, 0.1) is 0 Å². The molecule has 166 valence electrons. The van der Waals surface area contributed by atoms with Crippen molar-refractivity contribution in [2.24, 2.45) is 16.5 Å². The average Bonchev–Trinajstić information content (AvgIpc) is 2.74. The van der Waals surface area contributed by atoms with E-state index in [9.17, 15) is 22.8 Å². The Labute approximate surface area is 177 Å². The highest BCUT2D eigenvalue weighted by Crippen LogP contribution is 2.27. The molecule has 1 amide bonds. The van der Waals surface area contributed by atoms with Crippen molar-refractivity contribution >= 4 is 17.8 Å². The van der Waals surface area contributed by atoms with Crippen LogP contribution < -0.4 is 16.8 Å². The van der Waals surface area contributed by atoms with Gasteiger partial charge in [0.05, 0.1) is 0 Å². The number of carbonyl (C=O) groups is 2. The molecule has 1 atom stereocenters. The molecule has 0 spiro atoms. The van der Waals surface area contributed by atoms with Crippen LogP contribution in [-0.4, -0.2) is 36.6 Å². The summed E-state index contributed by atoms with van der Waals surface area (Å²) in [6.07, 6.45) is -6.00. The van der Waals surface area contributed by atoms with E-state index in [1.807, 2.05) is 0 Å². The van der Waals surface area contributed by atoms with Crippen LogP contribution >= 0.6 is 0 Å². The van der Waals surface area contributed by atoms with Crippen LogP contribution in [0.15, 0.2) is 65.7 Å². The molecular formula is C21H23F3N4O3. The van der Waals surface area contributed by atoms with Gasteiger partial charge < -0.3 is 21.5 Å². The maximum absolute atomic E-state index is 12.8. The fraction of sp³-hybridized carbons (Fsp3) is 0.286. The molecule has 0 fully saturated rings. The number of rotatable bonds is 9. The van der Waals surface area contributed by atoms with E-state index >= 15 is 0 Å². The molecule has 10 heteroatoms. The molecule has 0 saturated heterocycles. The van der Waals surface area contributed by atoms with Gasteiger partial charge in [-0.05, 0) is 24.0 Å². The van der Waals surface area contributed by atoms with Gasteiger partial charge in [0.25, 0.3) is 0 Å². The summed E-state index contributed by atoms with van der Waals surface area (Å²) in [4.78, 5) is 28.0. The van der Waals surface area contributed by atoms with E-state index in [0.717, 1.165) is 0 Å². The molecule has 2 aromatic carbocycles. The number of nitrogens with one attached hydrogen (secondary N) is 1. The van der Waals surface area contributed by atoms with Gasteiger partial charge in [-0.2, -0.15) is 13.2 Å². The second-order valence-electron chi connectivity index (χ2n) is 6.61. The maximum atomic E-state index is 12.8. The number of carbonyl (C=O) groups excluding carboxylic acids is 2. The first-order chi connectivity index (χ1) is 14.7. The number of benzene rings is 2. The van der Waals surface area contributed by atoms with Crippen LogP contribution in [0.25, 0.3) is 0 Å². The van der Waals surface area contributed by atoms with Gasteiger partial charge in [-0.1, -0.05) is 60.7 Å². The number of nitrogens with zero attached hydrogens (tertiary/aromatic N) is 1. The first-order valence-corrected chi connectivity index (χ1v) is 9.42. The second-order valence-corrected chi connectivity index (χ2v) is 6.61. The Morgan fingerprint density at radius 2 is 1.48 bits per heavy atom. The zero-order valence-electron chi connectivity index (χ0n) is 16.5. The van der Waals surface area contributed by atoms with Crippen molar-refractivity contribution < 1.29 is 27.5 Å². The highest BCUT2D eigenvalue weighted by molar-refractivity contribution is 5.87. The third-order valence-electron chi connectivity index (χ3n) is 4.23. The van der Waals surface area contributed by atoms with Gasteiger partial charge in [-0.15, -0.1) is 0 Å². The number of aliphatic imine (C=N–C) groups is 1. The van der Waals surface area contributed by atoms with Gasteiger partial charge in [0.1, 0.15) is 6.04 Å². The molecule has 0 saturated carbocycles. The molecule has 2 aromatic rings. The zero-order valence-corrected chi connectivity index (χ0v) is 16.5. The highest BCUT2D eigenvalue weighted by atomic mass is 19.4. The summed E-state index contributed by atoms with van der Waals surface area (Å²) in [7, 11) is 0. The molecule has 0 radical (unpaired) electrons. The molecule has 2 rings (SSSR count). The fourth-order valence-electron chi connectivity index (χ4n) is 2.78. The minimum absolute atomic E-state index is 0.0782. The van der Waals surface area contributed by atoms with E-state index in [2.05, 4.69) is 4.99 Å². The van der Waals surface area contributed by atoms with Crippen molar-refractivity contribution in [3.05, 3.63) is 71.8 Å². The Bertz CT molecular complexity index is 846. The zero-order chi connectivity index (χ0) is 22.9. The van der Waals surface area contributed by atoms with E-state index in [-0.39, 0.29) is 25.3 Å². The first kappa shape index (κ1) is 23.7. The van der Waals surface area contributed by atoms with E-state index in [1.54, 1.807) is 66.0 Å². The van der Waals surface area contributed by atoms with E-state index in [1.165, 1.54) is 0 Å². The lowest BCUT2D eigenvalue weighted by Crippen LogP contribution is -2.47. The van der Waals surface area contributed by atoms with Crippen LogP contribution in [0.5, 0.6) is 0 Å². The maximum Gasteiger partial charge on any atom is 0.471 e. The summed E-state index contributed by atoms with van der Waals surface area (Å²) in [5.41, 5.74) is 11.7. The Balaban J connectivity index is 2.23. The van der Waals surface area contributed by atoms with Crippen LogP contribution in [0.1, 0.15) is 30.1 Å². The van der Waals surface area contributed by atoms with Gasteiger partial charge >= 0.3 is 18.1 Å². The van der Waals surface area contributed by atoms with E-state index in [4.69, 9.17) is 16.2 Å². The number of hydrogen-bond donors (Lipinski definition) is 3. The summed E-state index contributed by atoms with van der Waals surface area (Å²) in [5.74, 6) is -3.42. The number of alkyl halides is 3. The lowest BCUT2D eigenvalue weighted by molar-refractivity contribution is -0.176. The van der Waals surface area contributed by atoms with Crippen LogP contribution in [0.3, 0.4) is 0 Å². The van der Waals surface area contributed by atoms with E-state index in [0.29, 0.717) is 11.1 Å². The topological polar surface area (TPSA) is 120 Å². The van der Waals surface area contributed by atoms with Crippen LogP contribution in [0.4, 0.5) is 13.2 Å². The number of esters is 1. The Kier molecular flexibility index (Phi) is 8.42. The second kappa shape index (κ2) is 11.0. The molecule has 0 aromatic heterocycles. The molecular weight excluding hydrogens is 413 g/mol. The third kappa shape index (κ3) is 7.65. The van der Waals surface area contributed by atoms with Gasteiger partial charge in [0, 0.05) is 6.54 Å². The van der Waals surface area contributed by atoms with Crippen molar-refractivity contribution in [3.8, 4) is 0 Å². The summed E-state index contributed by atoms with van der Waals surface area (Å²) in [6.45, 7) is 0.0782. The van der Waals surface area contributed by atoms with Crippen molar-refractivity contribution in [2.75, 3.05) is 6.54 Å². The molecule has 0 aliphatic rings. The number of halogens is 3. The van der Waals surface area contributed by atoms with Crippen LogP contribution in [-0.2, 0) is 14.3 Å². The van der Waals surface area contributed by atoms with Gasteiger partial charge in [0.2, 0.25) is 0 Å². The summed E-state index contributed by atoms with van der Waals surface area (Å²) in [6, 6.07) is 15.9. The lowest BCUT2D eigenvalue weighted by atomic mass is 10.0. The average molecular weight is 436 g/mol. The van der Waals surface area contributed by atoms with Gasteiger partial charge in [-0.3, -0.25) is 9.79 Å². The minimum Gasteiger partial charge on any atom is -0.451 e. The van der Waals surface area contributed by atoms with Crippen molar-refractivity contribution in [3.63, 3.8) is 0 Å². The molecule has 0 heterocycles. The molecule has 7 nitrogen and oxygen atoms in total. The Morgan fingerprint density at radius 3 is 1.94 bits per heavy atom. The lowest BCUT2D eigenvalue weighted by Gasteiger charge is -2.23. The molecule has 0 aliphatic heterocycles. The van der Waals surface area contributed by atoms with Crippen molar-refractivity contribution in [1.82, 2.24) is 5.32 Å².